The third kappa shape index (κ3) is 4.37. The summed E-state index contributed by atoms with van der Waals surface area (Å²) in [7, 11) is 0. The molecule has 2 atom stereocenters. The fourth-order valence-electron chi connectivity index (χ4n) is 3.39. The number of piperidine rings is 1. The van der Waals surface area contributed by atoms with E-state index in [-0.39, 0.29) is 18.1 Å². The lowest BCUT2D eigenvalue weighted by atomic mass is 9.71. The van der Waals surface area contributed by atoms with Crippen LogP contribution in [0.2, 0.25) is 0 Å². The van der Waals surface area contributed by atoms with Crippen LogP contribution in [0.3, 0.4) is 0 Å². The summed E-state index contributed by atoms with van der Waals surface area (Å²) in [5.41, 5.74) is -0.589. The fraction of sp³-hybridized carbons (Fsp3) is 0.632. The maximum Gasteiger partial charge on any atom is 0.410 e. The van der Waals surface area contributed by atoms with Crippen LogP contribution in [-0.2, 0) is 19.7 Å². The van der Waals surface area contributed by atoms with Gasteiger partial charge in [0.2, 0.25) is 0 Å². The standard InChI is InChI=1S/C19H27BrN2O4/c1-6-25-16(23)19(14-8-7-10-21-15(14)20)9-11-22(13(2)12-19)17(24)26-18(3,4)5/h7-8,10,13H,6,9,11-12H2,1-5H3. The zero-order valence-corrected chi connectivity index (χ0v) is 17.6. The summed E-state index contributed by atoms with van der Waals surface area (Å²) in [4.78, 5) is 31.4. The molecule has 1 aromatic rings. The van der Waals surface area contributed by atoms with Gasteiger partial charge >= 0.3 is 12.1 Å². The minimum absolute atomic E-state index is 0.171. The van der Waals surface area contributed by atoms with E-state index in [0.717, 1.165) is 5.56 Å². The second-order valence-electron chi connectivity index (χ2n) is 7.62. The molecule has 2 heterocycles. The predicted octanol–water partition coefficient (Wildman–Crippen LogP) is 4.06. The smallest absolute Gasteiger partial charge is 0.410 e. The first-order valence-electron chi connectivity index (χ1n) is 8.88. The van der Waals surface area contributed by atoms with E-state index in [4.69, 9.17) is 9.47 Å². The number of likely N-dealkylation sites (tertiary alicyclic amines) is 1. The SMILES string of the molecule is CCOC(=O)C1(c2cccnc2Br)CCN(C(=O)OC(C)(C)C)C(C)C1. The monoisotopic (exact) mass is 426 g/mol. The summed E-state index contributed by atoms with van der Waals surface area (Å²) >= 11 is 3.47. The molecule has 26 heavy (non-hydrogen) atoms. The average molecular weight is 427 g/mol. The largest absolute Gasteiger partial charge is 0.465 e. The summed E-state index contributed by atoms with van der Waals surface area (Å²) < 4.78 is 11.5. The van der Waals surface area contributed by atoms with Gasteiger partial charge in [0, 0.05) is 24.3 Å². The molecule has 2 rings (SSSR count). The van der Waals surface area contributed by atoms with Crippen LogP contribution < -0.4 is 0 Å². The first-order valence-corrected chi connectivity index (χ1v) is 9.68. The Morgan fingerprint density at radius 2 is 2.12 bits per heavy atom. The van der Waals surface area contributed by atoms with Crippen LogP contribution in [-0.4, -0.2) is 46.7 Å². The third-order valence-electron chi connectivity index (χ3n) is 4.52. The Morgan fingerprint density at radius 3 is 2.65 bits per heavy atom. The number of hydrogen-bond acceptors (Lipinski definition) is 5. The molecule has 1 aliphatic rings. The number of ether oxygens (including phenoxy) is 2. The molecule has 7 heteroatoms. The van der Waals surface area contributed by atoms with Crippen molar-refractivity contribution in [1.82, 2.24) is 9.88 Å². The predicted molar refractivity (Wildman–Crippen MR) is 102 cm³/mol. The van der Waals surface area contributed by atoms with Crippen molar-refractivity contribution in [3.8, 4) is 0 Å². The van der Waals surface area contributed by atoms with E-state index >= 15 is 0 Å². The minimum Gasteiger partial charge on any atom is -0.465 e. The zero-order chi connectivity index (χ0) is 19.5. The van der Waals surface area contributed by atoms with E-state index in [9.17, 15) is 9.59 Å². The molecule has 0 bridgehead atoms. The number of esters is 1. The van der Waals surface area contributed by atoms with Gasteiger partial charge in [0.1, 0.15) is 10.2 Å². The van der Waals surface area contributed by atoms with Crippen molar-refractivity contribution in [3.63, 3.8) is 0 Å². The van der Waals surface area contributed by atoms with Crippen molar-refractivity contribution in [2.24, 2.45) is 0 Å². The number of carbonyl (C=O) groups is 2. The van der Waals surface area contributed by atoms with Crippen molar-refractivity contribution in [2.75, 3.05) is 13.2 Å². The Hall–Kier alpha value is -1.63. The van der Waals surface area contributed by atoms with Crippen LogP contribution in [0, 0.1) is 0 Å². The molecule has 1 fully saturated rings. The van der Waals surface area contributed by atoms with E-state index in [1.54, 1.807) is 18.0 Å². The number of amides is 1. The second kappa shape index (κ2) is 7.94. The van der Waals surface area contributed by atoms with Gasteiger partial charge in [-0.2, -0.15) is 0 Å². The normalized spacial score (nSPS) is 23.5. The number of pyridine rings is 1. The van der Waals surface area contributed by atoms with Crippen molar-refractivity contribution in [3.05, 3.63) is 28.5 Å². The highest BCUT2D eigenvalue weighted by atomic mass is 79.9. The Kier molecular flexibility index (Phi) is 6.32. The molecule has 1 aliphatic heterocycles. The van der Waals surface area contributed by atoms with Crippen LogP contribution in [0.25, 0.3) is 0 Å². The van der Waals surface area contributed by atoms with Crippen LogP contribution in [0.5, 0.6) is 0 Å². The second-order valence-corrected chi connectivity index (χ2v) is 8.37. The highest BCUT2D eigenvalue weighted by Gasteiger charge is 2.49. The maximum atomic E-state index is 12.9. The topological polar surface area (TPSA) is 68.7 Å². The molecule has 0 N–H and O–H groups in total. The molecule has 0 saturated carbocycles. The first kappa shape index (κ1) is 20.7. The summed E-state index contributed by atoms with van der Waals surface area (Å²) in [5.74, 6) is -0.274. The molecule has 1 saturated heterocycles. The summed E-state index contributed by atoms with van der Waals surface area (Å²) in [6, 6.07) is 3.53. The van der Waals surface area contributed by atoms with E-state index < -0.39 is 11.0 Å². The van der Waals surface area contributed by atoms with Gasteiger partial charge in [-0.15, -0.1) is 0 Å². The molecule has 1 aromatic heterocycles. The quantitative estimate of drug-likeness (QED) is 0.538. The van der Waals surface area contributed by atoms with E-state index in [1.165, 1.54) is 0 Å². The molecule has 0 spiro atoms. The number of hydrogen-bond donors (Lipinski definition) is 0. The van der Waals surface area contributed by atoms with Gasteiger partial charge < -0.3 is 14.4 Å². The van der Waals surface area contributed by atoms with Crippen LogP contribution >= 0.6 is 15.9 Å². The minimum atomic E-state index is -0.832. The third-order valence-corrected chi connectivity index (χ3v) is 5.16. The van der Waals surface area contributed by atoms with Gasteiger partial charge in [0.25, 0.3) is 0 Å². The number of aromatic nitrogens is 1. The van der Waals surface area contributed by atoms with Crippen LogP contribution in [0.4, 0.5) is 4.79 Å². The van der Waals surface area contributed by atoms with Gasteiger partial charge in [0.05, 0.1) is 12.0 Å². The Bertz CT molecular complexity index is 674. The molecule has 0 radical (unpaired) electrons. The fourth-order valence-corrected chi connectivity index (χ4v) is 4.02. The zero-order valence-electron chi connectivity index (χ0n) is 16.0. The molecule has 6 nitrogen and oxygen atoms in total. The molecule has 0 aromatic carbocycles. The van der Waals surface area contributed by atoms with Gasteiger partial charge in [-0.3, -0.25) is 4.79 Å². The van der Waals surface area contributed by atoms with Crippen LogP contribution in [0.1, 0.15) is 53.0 Å². The van der Waals surface area contributed by atoms with E-state index in [2.05, 4.69) is 20.9 Å². The lowest BCUT2D eigenvalue weighted by molar-refractivity contribution is -0.153. The Morgan fingerprint density at radius 1 is 1.42 bits per heavy atom. The van der Waals surface area contributed by atoms with Crippen molar-refractivity contribution in [1.29, 1.82) is 0 Å². The molecule has 1 amide bonds. The van der Waals surface area contributed by atoms with Crippen molar-refractivity contribution in [2.45, 2.75) is 64.5 Å². The van der Waals surface area contributed by atoms with Crippen molar-refractivity contribution < 1.29 is 19.1 Å². The highest BCUT2D eigenvalue weighted by Crippen LogP contribution is 2.42. The molecule has 144 valence electrons. The summed E-state index contributed by atoms with van der Waals surface area (Å²) in [5, 5.41) is 0. The first-order chi connectivity index (χ1) is 12.1. The van der Waals surface area contributed by atoms with E-state index in [1.807, 2.05) is 39.8 Å². The van der Waals surface area contributed by atoms with Gasteiger partial charge in [-0.1, -0.05) is 6.07 Å². The highest BCUT2D eigenvalue weighted by molar-refractivity contribution is 9.10. The molecular formula is C19H27BrN2O4. The molecule has 2 unspecified atom stereocenters. The Balaban J connectivity index is 2.32. The lowest BCUT2D eigenvalue weighted by Gasteiger charge is -2.44. The summed E-state index contributed by atoms with van der Waals surface area (Å²) in [6.07, 6.45) is 2.23. The number of nitrogens with zero attached hydrogens (tertiary/aromatic N) is 2. The summed E-state index contributed by atoms with van der Waals surface area (Å²) in [6.45, 7) is 9.98. The maximum absolute atomic E-state index is 12.9. The van der Waals surface area contributed by atoms with E-state index in [0.29, 0.717) is 30.6 Å². The number of halogens is 1. The number of rotatable bonds is 3. The van der Waals surface area contributed by atoms with Gasteiger partial charge in [-0.25, -0.2) is 9.78 Å². The Labute approximate surface area is 163 Å². The van der Waals surface area contributed by atoms with Gasteiger partial charge in [0.15, 0.2) is 0 Å². The number of carbonyl (C=O) groups excluding carboxylic acids is 2. The lowest BCUT2D eigenvalue weighted by Crippen LogP contribution is -2.54. The van der Waals surface area contributed by atoms with Crippen molar-refractivity contribution >= 4 is 28.0 Å². The average Bonchev–Trinajstić information content (AvgIpc) is 2.53. The van der Waals surface area contributed by atoms with Crippen LogP contribution in [0.15, 0.2) is 22.9 Å². The van der Waals surface area contributed by atoms with Gasteiger partial charge in [-0.05, 0) is 69.5 Å². The molecular weight excluding hydrogens is 400 g/mol. The molecule has 0 aliphatic carbocycles.